The third-order valence-corrected chi connectivity index (χ3v) is 3.22. The van der Waals surface area contributed by atoms with E-state index in [9.17, 15) is 14.0 Å². The van der Waals surface area contributed by atoms with Crippen LogP contribution in [0.2, 0.25) is 0 Å². The number of amides is 2. The lowest BCUT2D eigenvalue weighted by molar-refractivity contribution is -0.123. The molecule has 19 heavy (non-hydrogen) atoms. The lowest BCUT2D eigenvalue weighted by atomic mass is 10.1. The van der Waals surface area contributed by atoms with Crippen LogP contribution in [0.15, 0.2) is 24.3 Å². The molecule has 2 atom stereocenters. The zero-order chi connectivity index (χ0) is 13.8. The summed E-state index contributed by atoms with van der Waals surface area (Å²) < 4.78 is 12.8. The average Bonchev–Trinajstić information content (AvgIpc) is 3.15. The first-order valence-corrected chi connectivity index (χ1v) is 6.35. The first kappa shape index (κ1) is 13.5. The van der Waals surface area contributed by atoms with Crippen molar-refractivity contribution >= 4 is 11.8 Å². The highest BCUT2D eigenvalue weighted by molar-refractivity contribution is 5.83. The predicted molar refractivity (Wildman–Crippen MR) is 68.9 cm³/mol. The van der Waals surface area contributed by atoms with E-state index in [0.717, 1.165) is 12.0 Å². The van der Waals surface area contributed by atoms with Crippen molar-refractivity contribution in [3.63, 3.8) is 0 Å². The molecule has 2 rings (SSSR count). The molecular formula is C14H17FN2O2. The van der Waals surface area contributed by atoms with Crippen LogP contribution < -0.4 is 10.6 Å². The van der Waals surface area contributed by atoms with E-state index in [2.05, 4.69) is 10.6 Å². The molecule has 0 spiro atoms. The molecule has 1 aromatic rings. The Morgan fingerprint density at radius 1 is 1.21 bits per heavy atom. The second-order valence-corrected chi connectivity index (χ2v) is 4.77. The van der Waals surface area contributed by atoms with Crippen LogP contribution in [-0.4, -0.2) is 24.9 Å². The van der Waals surface area contributed by atoms with Gasteiger partial charge in [-0.3, -0.25) is 9.59 Å². The van der Waals surface area contributed by atoms with Crippen molar-refractivity contribution in [1.82, 2.24) is 10.6 Å². The van der Waals surface area contributed by atoms with Crippen LogP contribution in [0.3, 0.4) is 0 Å². The van der Waals surface area contributed by atoms with Crippen LogP contribution in [0.5, 0.6) is 0 Å². The molecular weight excluding hydrogens is 247 g/mol. The third-order valence-electron chi connectivity index (χ3n) is 3.22. The van der Waals surface area contributed by atoms with Crippen LogP contribution in [0.4, 0.5) is 4.39 Å². The molecule has 5 heteroatoms. The maximum Gasteiger partial charge on any atom is 0.223 e. The van der Waals surface area contributed by atoms with Crippen molar-refractivity contribution in [2.24, 2.45) is 5.92 Å². The van der Waals surface area contributed by atoms with E-state index in [4.69, 9.17) is 0 Å². The highest BCUT2D eigenvalue weighted by Gasteiger charge is 2.43. The molecule has 102 valence electrons. The van der Waals surface area contributed by atoms with Gasteiger partial charge >= 0.3 is 0 Å². The molecule has 2 N–H and O–H groups in total. The standard InChI is InChI=1S/C14H17FN2O2/c1-9(18)16-6-7-17-14(19)13-8-12(13)10-2-4-11(15)5-3-10/h2-5,12-13H,6-8H2,1H3,(H,16,18)(H,17,19). The second kappa shape index (κ2) is 5.82. The molecule has 0 aliphatic heterocycles. The molecule has 1 saturated carbocycles. The molecule has 1 aliphatic carbocycles. The van der Waals surface area contributed by atoms with Crippen molar-refractivity contribution in [2.75, 3.05) is 13.1 Å². The fraction of sp³-hybridized carbons (Fsp3) is 0.429. The highest BCUT2D eigenvalue weighted by atomic mass is 19.1. The van der Waals surface area contributed by atoms with Gasteiger partial charge in [0.2, 0.25) is 11.8 Å². The Morgan fingerprint density at radius 2 is 1.84 bits per heavy atom. The van der Waals surface area contributed by atoms with Gasteiger partial charge in [-0.15, -0.1) is 0 Å². The van der Waals surface area contributed by atoms with Gasteiger partial charge in [0.25, 0.3) is 0 Å². The van der Waals surface area contributed by atoms with E-state index in [1.165, 1.54) is 19.1 Å². The van der Waals surface area contributed by atoms with Crippen LogP contribution in [0, 0.1) is 11.7 Å². The maximum absolute atomic E-state index is 12.8. The van der Waals surface area contributed by atoms with E-state index in [1.54, 1.807) is 12.1 Å². The maximum atomic E-state index is 12.8. The minimum absolute atomic E-state index is 0.000299. The fourth-order valence-electron chi connectivity index (χ4n) is 2.12. The molecule has 0 bridgehead atoms. The Labute approximate surface area is 111 Å². The lowest BCUT2D eigenvalue weighted by Crippen LogP contribution is -2.34. The zero-order valence-electron chi connectivity index (χ0n) is 10.8. The SMILES string of the molecule is CC(=O)NCCNC(=O)C1CC1c1ccc(F)cc1. The monoisotopic (exact) mass is 264 g/mol. The van der Waals surface area contributed by atoms with Crippen molar-refractivity contribution in [1.29, 1.82) is 0 Å². The minimum atomic E-state index is -0.263. The van der Waals surface area contributed by atoms with Crippen molar-refractivity contribution in [2.45, 2.75) is 19.3 Å². The van der Waals surface area contributed by atoms with E-state index >= 15 is 0 Å². The second-order valence-electron chi connectivity index (χ2n) is 4.77. The lowest BCUT2D eigenvalue weighted by Gasteiger charge is -2.05. The van der Waals surface area contributed by atoms with Crippen molar-refractivity contribution in [3.05, 3.63) is 35.6 Å². The number of nitrogens with one attached hydrogen (secondary N) is 2. The molecule has 0 heterocycles. The zero-order valence-corrected chi connectivity index (χ0v) is 10.8. The van der Waals surface area contributed by atoms with E-state index in [0.29, 0.717) is 13.1 Å². The van der Waals surface area contributed by atoms with Gasteiger partial charge in [0, 0.05) is 25.9 Å². The van der Waals surface area contributed by atoms with Gasteiger partial charge in [0.1, 0.15) is 5.82 Å². The number of benzene rings is 1. The minimum Gasteiger partial charge on any atom is -0.355 e. The molecule has 0 radical (unpaired) electrons. The van der Waals surface area contributed by atoms with Gasteiger partial charge in [-0.25, -0.2) is 4.39 Å². The van der Waals surface area contributed by atoms with Gasteiger partial charge in [0.05, 0.1) is 0 Å². The number of carbonyl (C=O) groups excluding carboxylic acids is 2. The molecule has 1 aromatic carbocycles. The molecule has 2 unspecified atom stereocenters. The number of hydrogen-bond acceptors (Lipinski definition) is 2. The fourth-order valence-corrected chi connectivity index (χ4v) is 2.12. The Bertz CT molecular complexity index is 473. The van der Waals surface area contributed by atoms with Crippen molar-refractivity contribution < 1.29 is 14.0 Å². The molecule has 0 aromatic heterocycles. The van der Waals surface area contributed by atoms with Crippen LogP contribution in [-0.2, 0) is 9.59 Å². The summed E-state index contributed by atoms with van der Waals surface area (Å²) in [6.45, 7) is 2.31. The first-order chi connectivity index (χ1) is 9.08. The number of halogens is 1. The van der Waals surface area contributed by atoms with Crippen LogP contribution in [0.1, 0.15) is 24.8 Å². The van der Waals surface area contributed by atoms with Gasteiger partial charge in [-0.2, -0.15) is 0 Å². The smallest absolute Gasteiger partial charge is 0.223 e. The number of hydrogen-bond donors (Lipinski definition) is 2. The number of carbonyl (C=O) groups is 2. The van der Waals surface area contributed by atoms with Gasteiger partial charge in [0.15, 0.2) is 0 Å². The summed E-state index contributed by atoms with van der Waals surface area (Å²) in [7, 11) is 0. The summed E-state index contributed by atoms with van der Waals surface area (Å²) >= 11 is 0. The predicted octanol–water partition coefficient (Wildman–Crippen LogP) is 1.18. The van der Waals surface area contributed by atoms with Gasteiger partial charge < -0.3 is 10.6 Å². The molecule has 4 nitrogen and oxygen atoms in total. The third kappa shape index (κ3) is 3.77. The highest BCUT2D eigenvalue weighted by Crippen LogP contribution is 2.47. The Morgan fingerprint density at radius 3 is 2.47 bits per heavy atom. The van der Waals surface area contributed by atoms with Crippen molar-refractivity contribution in [3.8, 4) is 0 Å². The first-order valence-electron chi connectivity index (χ1n) is 6.35. The molecule has 0 saturated heterocycles. The summed E-state index contributed by atoms with van der Waals surface area (Å²) in [6, 6.07) is 6.29. The van der Waals surface area contributed by atoms with E-state index < -0.39 is 0 Å². The average molecular weight is 264 g/mol. The number of rotatable bonds is 5. The molecule has 2 amide bonds. The van der Waals surface area contributed by atoms with Gasteiger partial charge in [-0.05, 0) is 30.0 Å². The summed E-state index contributed by atoms with van der Waals surface area (Å²) in [4.78, 5) is 22.4. The Kier molecular flexibility index (Phi) is 4.14. The van der Waals surface area contributed by atoms with E-state index in [1.807, 2.05) is 0 Å². The summed E-state index contributed by atoms with van der Waals surface area (Å²) in [5.74, 6) is -0.200. The summed E-state index contributed by atoms with van der Waals surface area (Å²) in [5.41, 5.74) is 1.00. The topological polar surface area (TPSA) is 58.2 Å². The summed E-state index contributed by atoms with van der Waals surface area (Å²) in [6.07, 6.45) is 0.803. The van der Waals surface area contributed by atoms with Crippen LogP contribution >= 0.6 is 0 Å². The largest absolute Gasteiger partial charge is 0.355 e. The van der Waals surface area contributed by atoms with Gasteiger partial charge in [-0.1, -0.05) is 12.1 Å². The molecule has 1 fully saturated rings. The quantitative estimate of drug-likeness (QED) is 0.785. The Hall–Kier alpha value is -1.91. The van der Waals surface area contributed by atoms with Crippen LogP contribution in [0.25, 0.3) is 0 Å². The summed E-state index contributed by atoms with van der Waals surface area (Å²) in [5, 5.41) is 5.40. The Balaban J connectivity index is 1.74. The normalized spacial score (nSPS) is 20.7. The van der Waals surface area contributed by atoms with E-state index in [-0.39, 0.29) is 29.5 Å². The molecule has 1 aliphatic rings.